The summed E-state index contributed by atoms with van der Waals surface area (Å²) >= 11 is 0. The van der Waals surface area contributed by atoms with Crippen LogP contribution in [0.3, 0.4) is 0 Å². The van der Waals surface area contributed by atoms with E-state index in [2.05, 4.69) is 17.0 Å². The van der Waals surface area contributed by atoms with Crippen LogP contribution in [-0.4, -0.2) is 25.7 Å². The minimum atomic E-state index is -0.141. The molecule has 3 heteroatoms. The van der Waals surface area contributed by atoms with Crippen molar-refractivity contribution in [3.05, 3.63) is 0 Å². The normalized spacial score (nSPS) is 12.6. The summed E-state index contributed by atoms with van der Waals surface area (Å²) in [6.07, 6.45) is 1.43. The molecule has 0 fully saturated rings. The van der Waals surface area contributed by atoms with Crippen molar-refractivity contribution in [2.45, 2.75) is 32.7 Å². The fourth-order valence-corrected chi connectivity index (χ4v) is 0.934. The highest BCUT2D eigenvalue weighted by molar-refractivity contribution is 5.69. The molecule has 0 heterocycles. The highest BCUT2D eigenvalue weighted by Crippen LogP contribution is 1.98. The standard InChI is InChI=1S/C8H17NO2/c1-4-7(9-5-2)6-8(10)11-3/h7,9H,4-6H2,1-3H3. The number of rotatable bonds is 5. The van der Waals surface area contributed by atoms with Crippen LogP contribution in [0.4, 0.5) is 0 Å². The van der Waals surface area contributed by atoms with Crippen molar-refractivity contribution in [1.29, 1.82) is 0 Å². The number of carbonyl (C=O) groups is 1. The number of hydrogen-bond donors (Lipinski definition) is 1. The monoisotopic (exact) mass is 159 g/mol. The van der Waals surface area contributed by atoms with Gasteiger partial charge in [0.05, 0.1) is 13.5 Å². The van der Waals surface area contributed by atoms with E-state index in [1.54, 1.807) is 0 Å². The number of hydrogen-bond acceptors (Lipinski definition) is 3. The summed E-state index contributed by atoms with van der Waals surface area (Å²) in [5.74, 6) is -0.141. The Hall–Kier alpha value is -0.570. The van der Waals surface area contributed by atoms with Crippen molar-refractivity contribution in [2.24, 2.45) is 0 Å². The SMILES string of the molecule is CCNC(CC)CC(=O)OC. The largest absolute Gasteiger partial charge is 0.469 e. The zero-order chi connectivity index (χ0) is 8.69. The van der Waals surface area contributed by atoms with Gasteiger partial charge in [0, 0.05) is 6.04 Å². The van der Waals surface area contributed by atoms with Crippen LogP contribution in [0, 0.1) is 0 Å². The smallest absolute Gasteiger partial charge is 0.307 e. The quantitative estimate of drug-likeness (QED) is 0.607. The van der Waals surface area contributed by atoms with Gasteiger partial charge >= 0.3 is 5.97 Å². The van der Waals surface area contributed by atoms with Gasteiger partial charge in [-0.2, -0.15) is 0 Å². The van der Waals surface area contributed by atoms with Crippen LogP contribution in [0.25, 0.3) is 0 Å². The van der Waals surface area contributed by atoms with E-state index in [9.17, 15) is 4.79 Å². The first kappa shape index (κ1) is 10.4. The molecular formula is C8H17NO2. The van der Waals surface area contributed by atoms with Crippen molar-refractivity contribution >= 4 is 5.97 Å². The molecule has 1 N–H and O–H groups in total. The molecule has 0 rings (SSSR count). The van der Waals surface area contributed by atoms with E-state index in [1.165, 1.54) is 7.11 Å². The maximum absolute atomic E-state index is 10.8. The van der Waals surface area contributed by atoms with Gasteiger partial charge in [-0.3, -0.25) is 4.79 Å². The summed E-state index contributed by atoms with van der Waals surface area (Å²) in [6.45, 7) is 4.98. The van der Waals surface area contributed by atoms with E-state index in [1.807, 2.05) is 6.92 Å². The van der Waals surface area contributed by atoms with Gasteiger partial charge in [-0.15, -0.1) is 0 Å². The van der Waals surface area contributed by atoms with Gasteiger partial charge in [-0.1, -0.05) is 13.8 Å². The second-order valence-electron chi connectivity index (χ2n) is 2.44. The molecular weight excluding hydrogens is 142 g/mol. The molecule has 0 amide bonds. The van der Waals surface area contributed by atoms with E-state index in [4.69, 9.17) is 0 Å². The van der Waals surface area contributed by atoms with Crippen LogP contribution < -0.4 is 5.32 Å². The molecule has 0 aromatic carbocycles. The molecule has 3 nitrogen and oxygen atoms in total. The summed E-state index contributed by atoms with van der Waals surface area (Å²) < 4.78 is 4.55. The Kier molecular flexibility index (Phi) is 5.84. The number of nitrogens with one attached hydrogen (secondary N) is 1. The molecule has 1 atom stereocenters. The molecule has 0 saturated carbocycles. The third kappa shape index (κ3) is 4.79. The van der Waals surface area contributed by atoms with Gasteiger partial charge in [-0.25, -0.2) is 0 Å². The lowest BCUT2D eigenvalue weighted by molar-refractivity contribution is -0.141. The Morgan fingerprint density at radius 3 is 2.55 bits per heavy atom. The van der Waals surface area contributed by atoms with Crippen molar-refractivity contribution < 1.29 is 9.53 Å². The van der Waals surface area contributed by atoms with E-state index >= 15 is 0 Å². The van der Waals surface area contributed by atoms with Crippen LogP contribution in [-0.2, 0) is 9.53 Å². The molecule has 0 aromatic heterocycles. The zero-order valence-corrected chi connectivity index (χ0v) is 7.52. The summed E-state index contributed by atoms with van der Waals surface area (Å²) in [5.41, 5.74) is 0. The molecule has 66 valence electrons. The minimum Gasteiger partial charge on any atom is -0.469 e. The summed E-state index contributed by atoms with van der Waals surface area (Å²) in [6, 6.07) is 0.271. The topological polar surface area (TPSA) is 38.3 Å². The highest BCUT2D eigenvalue weighted by atomic mass is 16.5. The molecule has 11 heavy (non-hydrogen) atoms. The summed E-state index contributed by atoms with van der Waals surface area (Å²) in [4.78, 5) is 10.8. The van der Waals surface area contributed by atoms with Gasteiger partial charge in [-0.05, 0) is 13.0 Å². The van der Waals surface area contributed by atoms with Gasteiger partial charge in [0.1, 0.15) is 0 Å². The fourth-order valence-electron chi connectivity index (χ4n) is 0.934. The zero-order valence-electron chi connectivity index (χ0n) is 7.52. The van der Waals surface area contributed by atoms with E-state index in [-0.39, 0.29) is 12.0 Å². The van der Waals surface area contributed by atoms with Crippen LogP contribution in [0.1, 0.15) is 26.7 Å². The number of methoxy groups -OCH3 is 1. The summed E-state index contributed by atoms with van der Waals surface area (Å²) in [7, 11) is 1.42. The molecule has 0 bridgehead atoms. The van der Waals surface area contributed by atoms with Crippen molar-refractivity contribution in [3.8, 4) is 0 Å². The third-order valence-electron chi connectivity index (χ3n) is 1.63. The molecule has 0 aliphatic rings. The average molecular weight is 159 g/mol. The molecule has 0 spiro atoms. The van der Waals surface area contributed by atoms with Crippen molar-refractivity contribution in [2.75, 3.05) is 13.7 Å². The second-order valence-corrected chi connectivity index (χ2v) is 2.44. The second kappa shape index (κ2) is 6.16. The lowest BCUT2D eigenvalue weighted by Gasteiger charge is -2.13. The van der Waals surface area contributed by atoms with E-state index in [0.29, 0.717) is 6.42 Å². The van der Waals surface area contributed by atoms with Gasteiger partial charge in [0.15, 0.2) is 0 Å². The lowest BCUT2D eigenvalue weighted by atomic mass is 10.1. The Morgan fingerprint density at radius 1 is 1.55 bits per heavy atom. The fraction of sp³-hybridized carbons (Fsp3) is 0.875. The Labute approximate surface area is 68.1 Å². The predicted octanol–water partition coefficient (Wildman–Crippen LogP) is 0.938. The van der Waals surface area contributed by atoms with Gasteiger partial charge < -0.3 is 10.1 Å². The molecule has 0 aliphatic carbocycles. The Bertz CT molecular complexity index is 115. The first-order valence-electron chi connectivity index (χ1n) is 4.04. The maximum Gasteiger partial charge on any atom is 0.307 e. The first-order valence-corrected chi connectivity index (χ1v) is 4.04. The van der Waals surface area contributed by atoms with Crippen molar-refractivity contribution in [3.63, 3.8) is 0 Å². The van der Waals surface area contributed by atoms with E-state index < -0.39 is 0 Å². The third-order valence-corrected chi connectivity index (χ3v) is 1.63. The average Bonchev–Trinajstić information content (AvgIpc) is 2.03. The van der Waals surface area contributed by atoms with Crippen LogP contribution in [0.5, 0.6) is 0 Å². The highest BCUT2D eigenvalue weighted by Gasteiger charge is 2.09. The van der Waals surface area contributed by atoms with E-state index in [0.717, 1.165) is 13.0 Å². The van der Waals surface area contributed by atoms with Crippen molar-refractivity contribution in [1.82, 2.24) is 5.32 Å². The molecule has 1 unspecified atom stereocenters. The molecule has 0 radical (unpaired) electrons. The lowest BCUT2D eigenvalue weighted by Crippen LogP contribution is -2.30. The first-order chi connectivity index (χ1) is 5.24. The predicted molar refractivity (Wildman–Crippen MR) is 44.4 cm³/mol. The van der Waals surface area contributed by atoms with Gasteiger partial charge in [0.2, 0.25) is 0 Å². The molecule has 0 aliphatic heterocycles. The maximum atomic E-state index is 10.8. The molecule has 0 saturated heterocycles. The van der Waals surface area contributed by atoms with Gasteiger partial charge in [0.25, 0.3) is 0 Å². The Morgan fingerprint density at radius 2 is 2.18 bits per heavy atom. The number of esters is 1. The van der Waals surface area contributed by atoms with Crippen LogP contribution in [0.2, 0.25) is 0 Å². The van der Waals surface area contributed by atoms with Crippen LogP contribution >= 0.6 is 0 Å². The minimum absolute atomic E-state index is 0.141. The van der Waals surface area contributed by atoms with Crippen LogP contribution in [0.15, 0.2) is 0 Å². The number of ether oxygens (including phenoxy) is 1. The summed E-state index contributed by atoms with van der Waals surface area (Å²) in [5, 5.41) is 3.20. The molecule has 0 aromatic rings. The number of carbonyl (C=O) groups excluding carboxylic acids is 1. The Balaban J connectivity index is 3.58.